The van der Waals surface area contributed by atoms with Gasteiger partial charge in [0.2, 0.25) is 0 Å². The molecule has 2 fully saturated rings. The van der Waals surface area contributed by atoms with Gasteiger partial charge in [0.25, 0.3) is 5.91 Å². The Morgan fingerprint density at radius 3 is 2.72 bits per heavy atom. The zero-order valence-electron chi connectivity index (χ0n) is 19.6. The number of amides is 1. The van der Waals surface area contributed by atoms with E-state index in [1.807, 2.05) is 6.07 Å². The van der Waals surface area contributed by atoms with E-state index in [4.69, 9.17) is 4.42 Å². The van der Waals surface area contributed by atoms with Crippen molar-refractivity contribution in [2.75, 3.05) is 37.6 Å². The van der Waals surface area contributed by atoms with Crippen LogP contribution in [0.5, 0.6) is 0 Å². The summed E-state index contributed by atoms with van der Waals surface area (Å²) in [6.07, 6.45) is 7.69. The van der Waals surface area contributed by atoms with Crippen molar-refractivity contribution in [1.29, 1.82) is 0 Å². The fraction of sp³-hybridized carbons (Fsp3) is 0.593. The molecular weight excluding hydrogens is 398 g/mol. The summed E-state index contributed by atoms with van der Waals surface area (Å²) >= 11 is 0. The van der Waals surface area contributed by atoms with E-state index in [0.717, 1.165) is 49.7 Å². The lowest BCUT2D eigenvalue weighted by atomic mass is 9.94. The Balaban J connectivity index is 1.24. The summed E-state index contributed by atoms with van der Waals surface area (Å²) < 4.78 is 5.86. The summed E-state index contributed by atoms with van der Waals surface area (Å²) in [7, 11) is 0. The molecule has 5 rings (SSSR count). The first-order chi connectivity index (χ1) is 15.6. The topological polar surface area (TPSA) is 39.9 Å². The molecule has 2 atom stereocenters. The zero-order valence-corrected chi connectivity index (χ0v) is 19.6. The molecule has 1 aromatic heterocycles. The molecule has 172 valence electrons. The van der Waals surface area contributed by atoms with Gasteiger partial charge in [0.15, 0.2) is 0 Å². The molecule has 3 aliphatic rings. The highest BCUT2D eigenvalue weighted by atomic mass is 16.3. The van der Waals surface area contributed by atoms with E-state index >= 15 is 0 Å². The van der Waals surface area contributed by atoms with Crippen molar-refractivity contribution >= 4 is 11.6 Å². The van der Waals surface area contributed by atoms with Gasteiger partial charge in [-0.15, -0.1) is 0 Å². The van der Waals surface area contributed by atoms with E-state index in [1.54, 1.807) is 6.26 Å². The molecule has 0 aliphatic carbocycles. The van der Waals surface area contributed by atoms with E-state index in [0.29, 0.717) is 18.5 Å². The number of piperidine rings is 2. The van der Waals surface area contributed by atoms with Crippen molar-refractivity contribution in [3.63, 3.8) is 0 Å². The zero-order chi connectivity index (χ0) is 22.1. The van der Waals surface area contributed by atoms with E-state index in [9.17, 15) is 4.79 Å². The maximum atomic E-state index is 13.5. The molecular formula is C27H37N3O2. The molecule has 2 aromatic rings. The molecule has 1 amide bonds. The second-order valence-electron chi connectivity index (χ2n) is 10.3. The highest BCUT2D eigenvalue weighted by Crippen LogP contribution is 2.34. The number of hydrogen-bond donors (Lipinski definition) is 0. The number of fused-ring (bicyclic) bond motifs is 1. The Kier molecular flexibility index (Phi) is 6.27. The third-order valence-electron chi connectivity index (χ3n) is 7.84. The minimum atomic E-state index is 0.144. The number of carbonyl (C=O) groups excluding carboxylic acids is 1. The third-order valence-corrected chi connectivity index (χ3v) is 7.84. The van der Waals surface area contributed by atoms with E-state index < -0.39 is 0 Å². The van der Waals surface area contributed by atoms with Gasteiger partial charge in [0.05, 0.1) is 18.4 Å². The second-order valence-corrected chi connectivity index (χ2v) is 10.3. The third kappa shape index (κ3) is 4.45. The van der Waals surface area contributed by atoms with Crippen molar-refractivity contribution < 1.29 is 9.21 Å². The van der Waals surface area contributed by atoms with E-state index in [2.05, 4.69) is 52.8 Å². The van der Waals surface area contributed by atoms with Crippen LogP contribution in [0.4, 0.5) is 5.69 Å². The molecule has 0 spiro atoms. The van der Waals surface area contributed by atoms with Crippen LogP contribution < -0.4 is 4.90 Å². The number of furan rings is 1. The SMILES string of the molecule is CC1CCN(CC2CCCN(C(=O)c3ccoc3CN3c4ccccc4CC3C)C2)CC1. The molecule has 3 aliphatic heterocycles. The van der Waals surface area contributed by atoms with Crippen molar-refractivity contribution in [3.05, 3.63) is 53.5 Å². The maximum Gasteiger partial charge on any atom is 0.257 e. The van der Waals surface area contributed by atoms with Crippen LogP contribution in [0.3, 0.4) is 0 Å². The Labute approximate surface area is 192 Å². The van der Waals surface area contributed by atoms with Crippen LogP contribution in [0, 0.1) is 11.8 Å². The lowest BCUT2D eigenvalue weighted by Gasteiger charge is -2.38. The highest BCUT2D eigenvalue weighted by Gasteiger charge is 2.31. The normalized spacial score (nSPS) is 24.7. The van der Waals surface area contributed by atoms with Gasteiger partial charge >= 0.3 is 0 Å². The van der Waals surface area contributed by atoms with Crippen LogP contribution in [0.25, 0.3) is 0 Å². The minimum absolute atomic E-state index is 0.144. The Morgan fingerprint density at radius 1 is 1.06 bits per heavy atom. The molecule has 5 heteroatoms. The Hall–Kier alpha value is -2.27. The first-order valence-electron chi connectivity index (χ1n) is 12.5. The van der Waals surface area contributed by atoms with Crippen molar-refractivity contribution in [3.8, 4) is 0 Å². The second kappa shape index (κ2) is 9.30. The molecule has 4 heterocycles. The van der Waals surface area contributed by atoms with Gasteiger partial charge in [-0.05, 0) is 81.6 Å². The number of para-hydroxylation sites is 1. The summed E-state index contributed by atoms with van der Waals surface area (Å²) in [5.74, 6) is 2.39. The van der Waals surface area contributed by atoms with Crippen molar-refractivity contribution in [2.24, 2.45) is 11.8 Å². The summed E-state index contributed by atoms with van der Waals surface area (Å²) in [6.45, 7) is 10.6. The van der Waals surface area contributed by atoms with Crippen LogP contribution in [-0.2, 0) is 13.0 Å². The average Bonchev–Trinajstić information content (AvgIpc) is 3.39. The average molecular weight is 436 g/mol. The number of benzene rings is 1. The van der Waals surface area contributed by atoms with Gasteiger partial charge in [0, 0.05) is 31.4 Å². The number of likely N-dealkylation sites (tertiary alicyclic amines) is 2. The van der Waals surface area contributed by atoms with Crippen LogP contribution in [0.2, 0.25) is 0 Å². The molecule has 0 radical (unpaired) electrons. The smallest absolute Gasteiger partial charge is 0.257 e. The van der Waals surface area contributed by atoms with Gasteiger partial charge in [-0.25, -0.2) is 0 Å². The van der Waals surface area contributed by atoms with Crippen molar-refractivity contribution in [1.82, 2.24) is 9.80 Å². The molecule has 5 nitrogen and oxygen atoms in total. The van der Waals surface area contributed by atoms with Gasteiger partial charge in [-0.3, -0.25) is 4.79 Å². The lowest BCUT2D eigenvalue weighted by Crippen LogP contribution is -2.45. The number of hydrogen-bond acceptors (Lipinski definition) is 4. The molecule has 0 saturated carbocycles. The standard InChI is InChI=1S/C27H37N3O2/c1-20-9-13-28(14-10-20)17-22-6-5-12-29(18-22)27(31)24-11-15-32-26(24)19-30-21(2)16-23-7-3-4-8-25(23)30/h3-4,7-8,11,15,20-22H,5-6,9-10,12-14,16-19H2,1-2H3. The van der Waals surface area contributed by atoms with Gasteiger partial charge < -0.3 is 19.1 Å². The summed E-state index contributed by atoms with van der Waals surface area (Å²) in [4.78, 5) is 20.6. The molecule has 2 saturated heterocycles. The first kappa shape index (κ1) is 21.6. The van der Waals surface area contributed by atoms with Crippen molar-refractivity contribution in [2.45, 2.75) is 58.5 Å². The minimum Gasteiger partial charge on any atom is -0.467 e. The quantitative estimate of drug-likeness (QED) is 0.675. The van der Waals surface area contributed by atoms with Gasteiger partial charge in [-0.2, -0.15) is 0 Å². The predicted octanol–water partition coefficient (Wildman–Crippen LogP) is 4.81. The number of nitrogens with zero attached hydrogens (tertiary/aromatic N) is 3. The van der Waals surface area contributed by atoms with Gasteiger partial charge in [0.1, 0.15) is 5.76 Å². The van der Waals surface area contributed by atoms with Crippen LogP contribution in [-0.4, -0.2) is 54.5 Å². The van der Waals surface area contributed by atoms with Gasteiger partial charge in [-0.1, -0.05) is 25.1 Å². The predicted molar refractivity (Wildman–Crippen MR) is 128 cm³/mol. The monoisotopic (exact) mass is 435 g/mol. The summed E-state index contributed by atoms with van der Waals surface area (Å²) in [5.41, 5.74) is 3.39. The molecule has 32 heavy (non-hydrogen) atoms. The summed E-state index contributed by atoms with van der Waals surface area (Å²) in [6, 6.07) is 10.9. The number of rotatable bonds is 5. The van der Waals surface area contributed by atoms with Crippen LogP contribution in [0.15, 0.2) is 41.0 Å². The number of carbonyl (C=O) groups is 1. The maximum absolute atomic E-state index is 13.5. The Morgan fingerprint density at radius 2 is 1.88 bits per heavy atom. The highest BCUT2D eigenvalue weighted by molar-refractivity contribution is 5.95. The fourth-order valence-corrected chi connectivity index (χ4v) is 5.86. The fourth-order valence-electron chi connectivity index (χ4n) is 5.86. The summed E-state index contributed by atoms with van der Waals surface area (Å²) in [5, 5.41) is 0. The molecule has 1 aromatic carbocycles. The largest absolute Gasteiger partial charge is 0.467 e. The molecule has 0 N–H and O–H groups in total. The lowest BCUT2D eigenvalue weighted by molar-refractivity contribution is 0.0620. The van der Waals surface area contributed by atoms with E-state index in [-0.39, 0.29) is 5.91 Å². The first-order valence-corrected chi connectivity index (χ1v) is 12.5. The van der Waals surface area contributed by atoms with Crippen LogP contribution >= 0.6 is 0 Å². The Bertz CT molecular complexity index is 930. The van der Waals surface area contributed by atoms with E-state index in [1.165, 1.54) is 43.6 Å². The molecule has 0 bridgehead atoms. The number of anilines is 1. The molecule has 2 unspecified atom stereocenters. The van der Waals surface area contributed by atoms with Crippen LogP contribution in [0.1, 0.15) is 61.2 Å².